The van der Waals surface area contributed by atoms with Crippen LogP contribution in [0.2, 0.25) is 0 Å². The van der Waals surface area contributed by atoms with Crippen molar-refractivity contribution in [3.63, 3.8) is 0 Å². The van der Waals surface area contributed by atoms with Crippen LogP contribution in [-0.2, 0) is 11.3 Å². The van der Waals surface area contributed by atoms with E-state index >= 15 is 0 Å². The van der Waals surface area contributed by atoms with Crippen molar-refractivity contribution in [1.29, 1.82) is 0 Å². The van der Waals surface area contributed by atoms with Gasteiger partial charge >= 0.3 is 0 Å². The first-order chi connectivity index (χ1) is 10.9. The highest BCUT2D eigenvalue weighted by molar-refractivity contribution is 5.90. The zero-order chi connectivity index (χ0) is 16.8. The molecule has 1 amide bonds. The summed E-state index contributed by atoms with van der Waals surface area (Å²) in [5.74, 6) is 1.19. The van der Waals surface area contributed by atoms with Gasteiger partial charge in [-0.2, -0.15) is 0 Å². The first-order valence-electron chi connectivity index (χ1n) is 7.87. The molecule has 2 aromatic rings. The van der Waals surface area contributed by atoms with Gasteiger partial charge in [-0.05, 0) is 37.5 Å². The van der Waals surface area contributed by atoms with Crippen molar-refractivity contribution in [3.8, 4) is 0 Å². The molecule has 0 bridgehead atoms. The van der Waals surface area contributed by atoms with E-state index < -0.39 is 0 Å². The van der Waals surface area contributed by atoms with Crippen molar-refractivity contribution in [2.75, 3.05) is 10.6 Å². The number of aryl methyl sites for hydroxylation is 2. The molecule has 2 rings (SSSR count). The Hall–Kier alpha value is -2.43. The number of aromatic nitrogens is 2. The van der Waals surface area contributed by atoms with Crippen LogP contribution in [0.1, 0.15) is 37.2 Å². The van der Waals surface area contributed by atoms with Gasteiger partial charge in [-0.25, -0.2) is 4.98 Å². The van der Waals surface area contributed by atoms with E-state index in [2.05, 4.69) is 20.6 Å². The number of carbonyl (C=O) groups is 1. The maximum absolute atomic E-state index is 11.9. The summed E-state index contributed by atoms with van der Waals surface area (Å²) in [7, 11) is 0. The third-order valence-electron chi connectivity index (χ3n) is 3.34. The molecule has 0 saturated carbocycles. The van der Waals surface area contributed by atoms with Gasteiger partial charge in [0.2, 0.25) is 5.91 Å². The molecule has 2 N–H and O–H groups in total. The quantitative estimate of drug-likeness (QED) is 0.853. The number of rotatable bonds is 6. The molecular weight excluding hydrogens is 288 g/mol. The van der Waals surface area contributed by atoms with Crippen LogP contribution in [0.5, 0.6) is 0 Å². The lowest BCUT2D eigenvalue weighted by Gasteiger charge is -2.11. The Morgan fingerprint density at radius 1 is 1.26 bits per heavy atom. The summed E-state index contributed by atoms with van der Waals surface area (Å²) in [4.78, 5) is 20.6. The van der Waals surface area contributed by atoms with E-state index in [0.717, 1.165) is 28.5 Å². The van der Waals surface area contributed by atoms with Crippen molar-refractivity contribution in [3.05, 3.63) is 47.4 Å². The van der Waals surface area contributed by atoms with Crippen LogP contribution in [0.4, 0.5) is 11.5 Å². The molecule has 1 aromatic carbocycles. The number of nitrogens with one attached hydrogen (secondary N) is 2. The predicted molar refractivity (Wildman–Crippen MR) is 93.4 cm³/mol. The van der Waals surface area contributed by atoms with E-state index in [9.17, 15) is 4.79 Å². The maximum Gasteiger partial charge on any atom is 0.224 e. The molecule has 0 aliphatic rings. The number of nitrogens with zero attached hydrogens (tertiary/aromatic N) is 2. The van der Waals surface area contributed by atoms with Gasteiger partial charge in [0.15, 0.2) is 0 Å². The van der Waals surface area contributed by atoms with Crippen molar-refractivity contribution in [2.45, 2.75) is 40.7 Å². The summed E-state index contributed by atoms with van der Waals surface area (Å²) in [5, 5.41) is 6.23. The fourth-order valence-electron chi connectivity index (χ4n) is 2.23. The average Bonchev–Trinajstić information content (AvgIpc) is 2.47. The van der Waals surface area contributed by atoms with Gasteiger partial charge in [-0.3, -0.25) is 9.78 Å². The molecule has 1 aromatic heterocycles. The molecule has 122 valence electrons. The van der Waals surface area contributed by atoms with Gasteiger partial charge in [0.25, 0.3) is 0 Å². The first kappa shape index (κ1) is 16.9. The first-order valence-corrected chi connectivity index (χ1v) is 7.87. The second kappa shape index (κ2) is 7.72. The summed E-state index contributed by atoms with van der Waals surface area (Å²) in [6, 6.07) is 7.84. The lowest BCUT2D eigenvalue weighted by molar-refractivity contribution is -0.116. The Balaban J connectivity index is 2.00. The fourth-order valence-corrected chi connectivity index (χ4v) is 2.23. The third-order valence-corrected chi connectivity index (χ3v) is 3.34. The van der Waals surface area contributed by atoms with Crippen LogP contribution in [0.15, 0.2) is 30.5 Å². The third kappa shape index (κ3) is 5.36. The second-order valence-corrected chi connectivity index (χ2v) is 6.15. The minimum atomic E-state index is 0.0468. The van der Waals surface area contributed by atoms with Crippen LogP contribution in [0, 0.1) is 19.8 Å². The fraction of sp³-hybridized carbons (Fsp3) is 0.389. The molecule has 0 radical (unpaired) electrons. The summed E-state index contributed by atoms with van der Waals surface area (Å²) in [6.45, 7) is 8.54. The number of anilines is 2. The van der Waals surface area contributed by atoms with Crippen molar-refractivity contribution >= 4 is 17.4 Å². The van der Waals surface area contributed by atoms with E-state index in [-0.39, 0.29) is 5.91 Å². The van der Waals surface area contributed by atoms with Gasteiger partial charge in [0.1, 0.15) is 5.82 Å². The molecule has 0 spiro atoms. The molecule has 0 saturated heterocycles. The molecule has 0 aliphatic heterocycles. The Bertz CT molecular complexity index is 682. The SMILES string of the molecule is Cc1cnc(C)c(NCc2cccc(NC(=O)CC(C)C)c2)n1. The van der Waals surface area contributed by atoms with E-state index in [1.54, 1.807) is 6.20 Å². The molecule has 5 nitrogen and oxygen atoms in total. The average molecular weight is 312 g/mol. The van der Waals surface area contributed by atoms with Gasteiger partial charge in [-0.15, -0.1) is 0 Å². The largest absolute Gasteiger partial charge is 0.364 e. The zero-order valence-corrected chi connectivity index (χ0v) is 14.2. The minimum Gasteiger partial charge on any atom is -0.364 e. The van der Waals surface area contributed by atoms with E-state index in [1.165, 1.54) is 0 Å². The number of amides is 1. The Morgan fingerprint density at radius 3 is 2.78 bits per heavy atom. The molecule has 23 heavy (non-hydrogen) atoms. The zero-order valence-electron chi connectivity index (χ0n) is 14.2. The van der Waals surface area contributed by atoms with Gasteiger partial charge in [0, 0.05) is 24.8 Å². The van der Waals surface area contributed by atoms with Crippen LogP contribution in [0.3, 0.4) is 0 Å². The Kier molecular flexibility index (Phi) is 5.68. The number of hydrogen-bond acceptors (Lipinski definition) is 4. The molecular formula is C18H24N4O. The van der Waals surface area contributed by atoms with Crippen molar-refractivity contribution in [1.82, 2.24) is 9.97 Å². The van der Waals surface area contributed by atoms with Crippen LogP contribution in [-0.4, -0.2) is 15.9 Å². The second-order valence-electron chi connectivity index (χ2n) is 6.15. The maximum atomic E-state index is 11.9. The molecule has 0 unspecified atom stereocenters. The summed E-state index contributed by atoms with van der Waals surface area (Å²) >= 11 is 0. The molecule has 0 fully saturated rings. The van der Waals surface area contributed by atoms with Gasteiger partial charge < -0.3 is 10.6 Å². The van der Waals surface area contributed by atoms with E-state index in [4.69, 9.17) is 0 Å². The molecule has 1 heterocycles. The standard InChI is InChI=1S/C18H24N4O/c1-12(2)8-17(23)22-16-7-5-6-15(9-16)11-20-18-14(4)19-10-13(3)21-18/h5-7,9-10,12H,8,11H2,1-4H3,(H,20,21)(H,22,23). The summed E-state index contributed by atoms with van der Waals surface area (Å²) in [6.07, 6.45) is 2.28. The van der Waals surface area contributed by atoms with Crippen molar-refractivity contribution in [2.24, 2.45) is 5.92 Å². The van der Waals surface area contributed by atoms with E-state index in [0.29, 0.717) is 18.9 Å². The van der Waals surface area contributed by atoms with Gasteiger partial charge in [-0.1, -0.05) is 26.0 Å². The van der Waals surface area contributed by atoms with Crippen molar-refractivity contribution < 1.29 is 4.79 Å². The predicted octanol–water partition coefficient (Wildman–Crippen LogP) is 3.69. The lowest BCUT2D eigenvalue weighted by atomic mass is 10.1. The Morgan fingerprint density at radius 2 is 2.04 bits per heavy atom. The monoisotopic (exact) mass is 312 g/mol. The summed E-state index contributed by atoms with van der Waals surface area (Å²) in [5.41, 5.74) is 3.65. The van der Waals surface area contributed by atoms with Crippen LogP contribution < -0.4 is 10.6 Å². The highest BCUT2D eigenvalue weighted by atomic mass is 16.1. The van der Waals surface area contributed by atoms with Gasteiger partial charge in [0.05, 0.1) is 11.4 Å². The highest BCUT2D eigenvalue weighted by Gasteiger charge is 2.06. The van der Waals surface area contributed by atoms with Crippen LogP contribution in [0.25, 0.3) is 0 Å². The van der Waals surface area contributed by atoms with E-state index in [1.807, 2.05) is 52.0 Å². The topological polar surface area (TPSA) is 66.9 Å². The smallest absolute Gasteiger partial charge is 0.224 e. The lowest BCUT2D eigenvalue weighted by Crippen LogP contribution is -2.14. The molecule has 0 aliphatic carbocycles. The number of carbonyl (C=O) groups excluding carboxylic acids is 1. The molecule has 5 heteroatoms. The Labute approximate surface area is 137 Å². The highest BCUT2D eigenvalue weighted by Crippen LogP contribution is 2.15. The number of benzene rings is 1. The minimum absolute atomic E-state index is 0.0468. The number of hydrogen-bond donors (Lipinski definition) is 2. The summed E-state index contributed by atoms with van der Waals surface area (Å²) < 4.78 is 0. The van der Waals surface area contributed by atoms with Crippen LogP contribution >= 0.6 is 0 Å². The normalized spacial score (nSPS) is 10.7. The molecule has 0 atom stereocenters.